The maximum absolute atomic E-state index is 12.1. The number of rotatable bonds is 6. The van der Waals surface area contributed by atoms with Crippen LogP contribution in [0.5, 0.6) is 5.75 Å². The number of hydrogen-bond acceptors (Lipinski definition) is 7. The van der Waals surface area contributed by atoms with Crippen LogP contribution in [0.25, 0.3) is 10.6 Å². The molecule has 0 saturated heterocycles. The van der Waals surface area contributed by atoms with Crippen molar-refractivity contribution in [2.75, 3.05) is 13.7 Å². The molecule has 2 amide bonds. The number of nitrogens with one attached hydrogen (secondary N) is 1. The molecule has 0 aliphatic rings. The lowest BCUT2D eigenvalue weighted by molar-refractivity contribution is -0.123. The van der Waals surface area contributed by atoms with Gasteiger partial charge in [0.15, 0.2) is 12.3 Å². The number of hydrogen-bond donors (Lipinski definition) is 1. The van der Waals surface area contributed by atoms with Gasteiger partial charge >= 0.3 is 5.97 Å². The molecule has 3 rings (SSSR count). The zero-order chi connectivity index (χ0) is 20.8. The van der Waals surface area contributed by atoms with Gasteiger partial charge in [-0.05, 0) is 31.2 Å². The summed E-state index contributed by atoms with van der Waals surface area (Å²) in [7, 11) is 1.51. The van der Waals surface area contributed by atoms with E-state index in [1.54, 1.807) is 17.5 Å². The molecule has 0 atom stereocenters. The summed E-state index contributed by atoms with van der Waals surface area (Å²) in [6, 6.07) is 14.0. The Morgan fingerprint density at radius 3 is 2.38 bits per heavy atom. The number of nitrogens with zero attached hydrogens (tertiary/aromatic N) is 1. The molecular formula is C21H18N2O5S. The second-order valence-corrected chi connectivity index (χ2v) is 6.94. The largest absolute Gasteiger partial charge is 0.497 e. The summed E-state index contributed by atoms with van der Waals surface area (Å²) < 4.78 is 9.96. The zero-order valence-corrected chi connectivity index (χ0v) is 16.6. The Morgan fingerprint density at radius 1 is 1.03 bits per heavy atom. The first-order chi connectivity index (χ1) is 14.0. The van der Waals surface area contributed by atoms with E-state index in [2.05, 4.69) is 10.3 Å². The minimum Gasteiger partial charge on any atom is -0.497 e. The normalized spacial score (nSPS) is 10.3. The van der Waals surface area contributed by atoms with Crippen LogP contribution in [0.4, 0.5) is 0 Å². The standard InChI is InChI=1S/C21H18N2O5S/c1-13-3-5-15(6-4-13)20-22-17(12-29-20)21(26)28-11-18(24)23-19(25)14-7-9-16(27-2)10-8-14/h3-10,12H,11H2,1-2H3,(H,23,24,25). The molecule has 1 aromatic heterocycles. The number of carbonyl (C=O) groups is 3. The van der Waals surface area contributed by atoms with Crippen molar-refractivity contribution in [3.05, 3.63) is 70.7 Å². The summed E-state index contributed by atoms with van der Waals surface area (Å²) in [5.41, 5.74) is 2.41. The summed E-state index contributed by atoms with van der Waals surface area (Å²) in [4.78, 5) is 40.3. The molecule has 0 radical (unpaired) electrons. The fraction of sp³-hybridized carbons (Fsp3) is 0.143. The van der Waals surface area contributed by atoms with Crippen LogP contribution < -0.4 is 10.1 Å². The number of benzene rings is 2. The van der Waals surface area contributed by atoms with Crippen LogP contribution in [0, 0.1) is 6.92 Å². The van der Waals surface area contributed by atoms with Gasteiger partial charge in [-0.2, -0.15) is 0 Å². The van der Waals surface area contributed by atoms with E-state index in [4.69, 9.17) is 9.47 Å². The molecular weight excluding hydrogens is 392 g/mol. The number of ether oxygens (including phenoxy) is 2. The van der Waals surface area contributed by atoms with Crippen molar-refractivity contribution in [3.8, 4) is 16.3 Å². The molecule has 29 heavy (non-hydrogen) atoms. The third kappa shape index (κ3) is 5.26. The van der Waals surface area contributed by atoms with Crippen LogP contribution >= 0.6 is 11.3 Å². The van der Waals surface area contributed by atoms with Gasteiger partial charge in [-0.1, -0.05) is 29.8 Å². The van der Waals surface area contributed by atoms with E-state index < -0.39 is 24.4 Å². The molecule has 0 bridgehead atoms. The van der Waals surface area contributed by atoms with Gasteiger partial charge in [0.05, 0.1) is 7.11 Å². The lowest BCUT2D eigenvalue weighted by Crippen LogP contribution is -2.34. The van der Waals surface area contributed by atoms with Gasteiger partial charge in [0.2, 0.25) is 0 Å². The Balaban J connectivity index is 1.52. The third-order valence-electron chi connectivity index (χ3n) is 3.95. The number of esters is 1. The van der Waals surface area contributed by atoms with Crippen LogP contribution in [0.3, 0.4) is 0 Å². The highest BCUT2D eigenvalue weighted by molar-refractivity contribution is 7.13. The quantitative estimate of drug-likeness (QED) is 0.627. The van der Waals surface area contributed by atoms with Crippen molar-refractivity contribution in [1.82, 2.24) is 10.3 Å². The number of methoxy groups -OCH3 is 1. The average Bonchev–Trinajstić information content (AvgIpc) is 3.23. The summed E-state index contributed by atoms with van der Waals surface area (Å²) >= 11 is 1.31. The van der Waals surface area contributed by atoms with Gasteiger partial charge in [-0.15, -0.1) is 11.3 Å². The number of amides is 2. The second kappa shape index (κ2) is 9.11. The molecule has 0 spiro atoms. The first kappa shape index (κ1) is 20.2. The molecule has 0 unspecified atom stereocenters. The summed E-state index contributed by atoms with van der Waals surface area (Å²) in [5, 5.41) is 4.41. The van der Waals surface area contributed by atoms with Gasteiger partial charge in [0.1, 0.15) is 10.8 Å². The van der Waals surface area contributed by atoms with Crippen LogP contribution in [-0.4, -0.2) is 36.5 Å². The van der Waals surface area contributed by atoms with Gasteiger partial charge in [-0.25, -0.2) is 9.78 Å². The molecule has 8 heteroatoms. The first-order valence-electron chi connectivity index (χ1n) is 8.64. The molecule has 1 heterocycles. The minimum atomic E-state index is -0.730. The number of carbonyl (C=O) groups excluding carboxylic acids is 3. The zero-order valence-electron chi connectivity index (χ0n) is 15.8. The number of aryl methyl sites for hydroxylation is 1. The van der Waals surface area contributed by atoms with Crippen LogP contribution in [0.2, 0.25) is 0 Å². The maximum Gasteiger partial charge on any atom is 0.358 e. The Bertz CT molecular complexity index is 1030. The van der Waals surface area contributed by atoms with Crippen molar-refractivity contribution in [1.29, 1.82) is 0 Å². The SMILES string of the molecule is COc1ccc(C(=O)NC(=O)COC(=O)c2csc(-c3ccc(C)cc3)n2)cc1. The molecule has 0 saturated carbocycles. The summed E-state index contributed by atoms with van der Waals surface area (Å²) in [5.74, 6) is -1.46. The van der Waals surface area contributed by atoms with E-state index >= 15 is 0 Å². The van der Waals surface area contributed by atoms with Crippen molar-refractivity contribution >= 4 is 29.1 Å². The van der Waals surface area contributed by atoms with Crippen LogP contribution in [-0.2, 0) is 9.53 Å². The highest BCUT2D eigenvalue weighted by Crippen LogP contribution is 2.24. The van der Waals surface area contributed by atoms with E-state index in [1.807, 2.05) is 31.2 Å². The lowest BCUT2D eigenvalue weighted by atomic mass is 10.2. The van der Waals surface area contributed by atoms with Gasteiger partial charge in [0, 0.05) is 16.5 Å². The Kier molecular flexibility index (Phi) is 6.36. The molecule has 3 aromatic rings. The Hall–Kier alpha value is -3.52. The molecule has 0 aliphatic carbocycles. The fourth-order valence-corrected chi connectivity index (χ4v) is 3.17. The summed E-state index contributed by atoms with van der Waals surface area (Å²) in [6.07, 6.45) is 0. The molecule has 7 nitrogen and oxygen atoms in total. The topological polar surface area (TPSA) is 94.6 Å². The average molecular weight is 410 g/mol. The van der Waals surface area contributed by atoms with Gasteiger partial charge in [-0.3, -0.25) is 14.9 Å². The number of aromatic nitrogens is 1. The summed E-state index contributed by atoms with van der Waals surface area (Å²) in [6.45, 7) is 1.40. The monoisotopic (exact) mass is 410 g/mol. The van der Waals surface area contributed by atoms with E-state index in [9.17, 15) is 14.4 Å². The van der Waals surface area contributed by atoms with E-state index in [0.717, 1.165) is 11.1 Å². The highest BCUT2D eigenvalue weighted by Gasteiger charge is 2.16. The molecule has 2 aromatic carbocycles. The predicted octanol–water partition coefficient (Wildman–Crippen LogP) is 3.24. The van der Waals surface area contributed by atoms with Crippen molar-refractivity contribution in [2.45, 2.75) is 6.92 Å². The molecule has 0 fully saturated rings. The maximum atomic E-state index is 12.1. The van der Waals surface area contributed by atoms with Crippen molar-refractivity contribution < 1.29 is 23.9 Å². The third-order valence-corrected chi connectivity index (χ3v) is 4.84. The van der Waals surface area contributed by atoms with E-state index in [0.29, 0.717) is 10.8 Å². The molecule has 0 aliphatic heterocycles. The lowest BCUT2D eigenvalue weighted by Gasteiger charge is -2.06. The van der Waals surface area contributed by atoms with Crippen molar-refractivity contribution in [3.63, 3.8) is 0 Å². The van der Waals surface area contributed by atoms with Crippen LogP contribution in [0.1, 0.15) is 26.4 Å². The van der Waals surface area contributed by atoms with Crippen LogP contribution in [0.15, 0.2) is 53.9 Å². The van der Waals surface area contributed by atoms with E-state index in [-0.39, 0.29) is 11.3 Å². The number of imide groups is 1. The van der Waals surface area contributed by atoms with Crippen molar-refractivity contribution in [2.24, 2.45) is 0 Å². The van der Waals surface area contributed by atoms with Gasteiger partial charge < -0.3 is 9.47 Å². The first-order valence-corrected chi connectivity index (χ1v) is 9.52. The molecule has 1 N–H and O–H groups in total. The minimum absolute atomic E-state index is 0.111. The molecule has 148 valence electrons. The Morgan fingerprint density at radius 2 is 1.72 bits per heavy atom. The fourth-order valence-electron chi connectivity index (χ4n) is 2.38. The highest BCUT2D eigenvalue weighted by atomic mass is 32.1. The Labute approximate surface area is 171 Å². The predicted molar refractivity (Wildman–Crippen MR) is 108 cm³/mol. The smallest absolute Gasteiger partial charge is 0.358 e. The number of thiazole rings is 1. The van der Waals surface area contributed by atoms with E-state index in [1.165, 1.54) is 30.6 Å². The second-order valence-electron chi connectivity index (χ2n) is 6.09. The van der Waals surface area contributed by atoms with Gasteiger partial charge in [0.25, 0.3) is 11.8 Å².